The molecule has 0 aromatic carbocycles. The molecule has 0 amide bonds. The van der Waals surface area contributed by atoms with Crippen LogP contribution in [0.4, 0.5) is 0 Å². The molecule has 2 nitrogen and oxygen atoms in total. The predicted molar refractivity (Wildman–Crippen MR) is 51.7 cm³/mol. The Morgan fingerprint density at radius 2 is 1.50 bits per heavy atom. The molecule has 0 radical (unpaired) electrons. The fourth-order valence-electron chi connectivity index (χ4n) is 0.516. The number of rotatable bonds is 0. The van der Waals surface area contributed by atoms with Gasteiger partial charge in [-0.2, -0.15) is 0 Å². The summed E-state index contributed by atoms with van der Waals surface area (Å²) in [4.78, 5) is 0. The van der Waals surface area contributed by atoms with Crippen molar-refractivity contribution in [2.24, 2.45) is 0 Å². The quantitative estimate of drug-likeness (QED) is 0.264. The summed E-state index contributed by atoms with van der Waals surface area (Å²) in [6, 6.07) is 0. The van der Waals surface area contributed by atoms with E-state index in [9.17, 15) is 0 Å². The van der Waals surface area contributed by atoms with Crippen molar-refractivity contribution in [3.05, 3.63) is 0 Å². The van der Waals surface area contributed by atoms with E-state index in [-0.39, 0.29) is 75.4 Å². The van der Waals surface area contributed by atoms with E-state index in [0.717, 1.165) is 26.3 Å². The maximum atomic E-state index is 5.01. The third kappa shape index (κ3) is 14.3. The fourth-order valence-corrected chi connectivity index (χ4v) is 0.516. The van der Waals surface area contributed by atoms with E-state index in [4.69, 9.17) is 4.74 Å². The summed E-state index contributed by atoms with van der Waals surface area (Å²) >= 11 is 4.24. The molecule has 1 heterocycles. The first-order valence-electron chi connectivity index (χ1n) is 2.43. The molecule has 0 atom stereocenters. The third-order valence-electron chi connectivity index (χ3n) is 0.846. The molecule has 10 heavy (non-hydrogen) atoms. The summed E-state index contributed by atoms with van der Waals surface area (Å²) in [6.45, 7) is 3.83. The second-order valence-electron chi connectivity index (χ2n) is 1.36. The second kappa shape index (κ2) is 18.5. The molecule has 0 spiro atoms. The van der Waals surface area contributed by atoms with Crippen LogP contribution in [-0.2, 0) is 4.74 Å². The van der Waals surface area contributed by atoms with Gasteiger partial charge in [0, 0.05) is 50.3 Å². The van der Waals surface area contributed by atoms with Gasteiger partial charge in [-0.05, 0) is 0 Å². The summed E-state index contributed by atoms with van der Waals surface area (Å²) in [5.41, 5.74) is 0. The topological polar surface area (TPSA) is 21.3 Å². The van der Waals surface area contributed by atoms with Crippen molar-refractivity contribution in [3.8, 4) is 0 Å². The normalized spacial score (nSPS) is 15.0. The predicted octanol–water partition coefficient (Wildman–Crippen LogP) is -4.61. The van der Waals surface area contributed by atoms with Crippen molar-refractivity contribution in [1.29, 1.82) is 0 Å². The van der Waals surface area contributed by atoms with Gasteiger partial charge >= 0.3 is 51.4 Å². The van der Waals surface area contributed by atoms with Crippen molar-refractivity contribution in [1.82, 2.24) is 5.32 Å². The molecule has 1 aliphatic rings. The van der Waals surface area contributed by atoms with Gasteiger partial charge in [-0.3, -0.25) is 0 Å². The molecular formula is C4H9I3KNO. The number of morpholine rings is 1. The molecule has 1 aliphatic heterocycles. The van der Waals surface area contributed by atoms with Crippen LogP contribution in [0, 0.1) is 0 Å². The van der Waals surface area contributed by atoms with Crippen LogP contribution in [0.15, 0.2) is 0 Å². The first-order valence-corrected chi connectivity index (χ1v) is 8.71. The minimum atomic E-state index is 0. The summed E-state index contributed by atoms with van der Waals surface area (Å²) in [7, 11) is 0. The van der Waals surface area contributed by atoms with Crippen LogP contribution in [0.2, 0.25) is 0 Å². The van der Waals surface area contributed by atoms with E-state index in [1.54, 1.807) is 0 Å². The van der Waals surface area contributed by atoms with Gasteiger partial charge < -0.3 is 34.0 Å². The van der Waals surface area contributed by atoms with Crippen molar-refractivity contribution >= 4 is 37.2 Å². The maximum Gasteiger partial charge on any atom is 1.00 e. The molecular weight excluding hydrogens is 498 g/mol. The molecule has 1 rings (SSSR count). The molecule has 0 bridgehead atoms. The van der Waals surface area contributed by atoms with Crippen LogP contribution in [0.3, 0.4) is 0 Å². The van der Waals surface area contributed by atoms with E-state index >= 15 is 0 Å². The van der Waals surface area contributed by atoms with E-state index < -0.39 is 0 Å². The van der Waals surface area contributed by atoms with Crippen molar-refractivity contribution in [3.63, 3.8) is 0 Å². The average molecular weight is 507 g/mol. The standard InChI is InChI=1S/C4H9NO.I2.HI.K/c1-3-6-4-2-5-1;1-2;;/h5H,1-4H2;;1H;/q;;;+1/p-1. The van der Waals surface area contributed by atoms with Gasteiger partial charge in [0.2, 0.25) is 0 Å². The van der Waals surface area contributed by atoms with Gasteiger partial charge in [0.25, 0.3) is 0 Å². The zero-order valence-corrected chi connectivity index (χ0v) is 15.5. The number of nitrogens with one attached hydrogen (secondary N) is 1. The molecule has 0 saturated carbocycles. The van der Waals surface area contributed by atoms with E-state index in [1.165, 1.54) is 0 Å². The summed E-state index contributed by atoms with van der Waals surface area (Å²) in [5.74, 6) is 0. The maximum absolute atomic E-state index is 5.01. The molecule has 1 N–H and O–H groups in total. The monoisotopic (exact) mass is 507 g/mol. The number of ether oxygens (including phenoxy) is 1. The minimum absolute atomic E-state index is 0. The van der Waals surface area contributed by atoms with Crippen LogP contribution in [0.25, 0.3) is 0 Å². The Balaban J connectivity index is -0.000000114. The van der Waals surface area contributed by atoms with Crippen LogP contribution in [0.5, 0.6) is 0 Å². The summed E-state index contributed by atoms with van der Waals surface area (Å²) in [6.07, 6.45) is 0. The van der Waals surface area contributed by atoms with Crippen LogP contribution in [0.1, 0.15) is 0 Å². The van der Waals surface area contributed by atoms with Gasteiger partial charge in [0.05, 0.1) is 13.2 Å². The zero-order valence-electron chi connectivity index (χ0n) is 5.87. The van der Waals surface area contributed by atoms with Crippen molar-refractivity contribution < 1.29 is 80.1 Å². The van der Waals surface area contributed by atoms with Crippen molar-refractivity contribution in [2.75, 3.05) is 26.3 Å². The van der Waals surface area contributed by atoms with Gasteiger partial charge in [-0.1, -0.05) is 0 Å². The molecule has 0 aromatic heterocycles. The molecule has 0 aliphatic carbocycles. The van der Waals surface area contributed by atoms with Gasteiger partial charge in [-0.15, -0.1) is 0 Å². The number of halogens is 3. The van der Waals surface area contributed by atoms with Crippen LogP contribution >= 0.6 is 37.2 Å². The Labute approximate surface area is 145 Å². The van der Waals surface area contributed by atoms with E-state index in [2.05, 4.69) is 42.5 Å². The average Bonchev–Trinajstić information content (AvgIpc) is 1.96. The Kier molecular flexibility index (Phi) is 35.8. The Morgan fingerprint density at radius 3 is 1.60 bits per heavy atom. The fraction of sp³-hybridized carbons (Fsp3) is 1.00. The Bertz CT molecular complexity index is 36.0. The van der Waals surface area contributed by atoms with E-state index in [1.807, 2.05) is 0 Å². The summed E-state index contributed by atoms with van der Waals surface area (Å²) in [5, 5.41) is 3.16. The Hall–Kier alpha value is 3.75. The third-order valence-corrected chi connectivity index (χ3v) is 0.846. The molecule has 0 unspecified atom stereocenters. The number of hydrogen-bond acceptors (Lipinski definition) is 2. The van der Waals surface area contributed by atoms with Crippen molar-refractivity contribution in [2.45, 2.75) is 0 Å². The Morgan fingerprint density at radius 1 is 1.10 bits per heavy atom. The van der Waals surface area contributed by atoms with Crippen LogP contribution in [-0.4, -0.2) is 26.3 Å². The van der Waals surface area contributed by atoms with Gasteiger partial charge in [0.1, 0.15) is 0 Å². The second-order valence-corrected chi connectivity index (χ2v) is 1.36. The minimum Gasteiger partial charge on any atom is -1.00 e. The van der Waals surface area contributed by atoms with Crippen LogP contribution < -0.4 is 80.7 Å². The number of hydrogen-bond donors (Lipinski definition) is 1. The summed E-state index contributed by atoms with van der Waals surface area (Å²) < 4.78 is 5.01. The molecule has 0 aromatic rings. The smallest absolute Gasteiger partial charge is 1.00 e. The SMILES string of the molecule is C1COCCN1.II.[I-].[K+]. The van der Waals surface area contributed by atoms with Gasteiger partial charge in [0.15, 0.2) is 0 Å². The first-order chi connectivity index (χ1) is 4.00. The zero-order chi connectivity index (χ0) is 6.24. The van der Waals surface area contributed by atoms with E-state index in [0.29, 0.717) is 0 Å². The van der Waals surface area contributed by atoms with Gasteiger partial charge in [-0.25, -0.2) is 0 Å². The first kappa shape index (κ1) is 19.3. The molecule has 1 saturated heterocycles. The molecule has 1 fully saturated rings. The largest absolute Gasteiger partial charge is 1.00 e. The molecule has 6 heteroatoms. The molecule has 58 valence electrons.